The number of hydrogen-bond acceptors (Lipinski definition) is 2. The van der Waals surface area contributed by atoms with Crippen LogP contribution >= 0.6 is 0 Å². The minimum Gasteiger partial charge on any atom is -0.480 e. The molecule has 3 unspecified atom stereocenters. The van der Waals surface area contributed by atoms with E-state index in [1.165, 1.54) is 32.1 Å². The summed E-state index contributed by atoms with van der Waals surface area (Å²) in [7, 11) is 0. The Hall–Kier alpha value is -0.570. The molecule has 0 heterocycles. The van der Waals surface area contributed by atoms with E-state index in [1.54, 1.807) is 0 Å². The summed E-state index contributed by atoms with van der Waals surface area (Å²) < 4.78 is 0. The van der Waals surface area contributed by atoms with Gasteiger partial charge in [0.15, 0.2) is 0 Å². The Kier molecular flexibility index (Phi) is 4.08. The zero-order chi connectivity index (χ0) is 12.4. The highest BCUT2D eigenvalue weighted by Gasteiger charge is 2.35. The van der Waals surface area contributed by atoms with E-state index in [2.05, 4.69) is 18.7 Å². The second-order valence-electron chi connectivity index (χ2n) is 6.10. The second-order valence-corrected chi connectivity index (χ2v) is 6.10. The molecule has 0 spiro atoms. The lowest BCUT2D eigenvalue weighted by Gasteiger charge is -2.41. The molecule has 3 heteroatoms. The molecule has 98 valence electrons. The number of aliphatic carboxylic acids is 1. The van der Waals surface area contributed by atoms with Crippen LogP contribution in [-0.2, 0) is 4.79 Å². The zero-order valence-electron chi connectivity index (χ0n) is 11.1. The van der Waals surface area contributed by atoms with Crippen molar-refractivity contribution < 1.29 is 9.90 Å². The topological polar surface area (TPSA) is 40.5 Å². The van der Waals surface area contributed by atoms with Crippen LogP contribution in [0.3, 0.4) is 0 Å². The fraction of sp³-hybridized carbons (Fsp3) is 0.929. The number of hydrogen-bond donors (Lipinski definition) is 1. The summed E-state index contributed by atoms with van der Waals surface area (Å²) in [5, 5.41) is 9.06. The number of rotatable bonds is 5. The molecule has 2 aliphatic rings. The molecule has 0 amide bonds. The summed E-state index contributed by atoms with van der Waals surface area (Å²) >= 11 is 0. The highest BCUT2D eigenvalue weighted by atomic mass is 16.4. The molecule has 3 atom stereocenters. The molecule has 17 heavy (non-hydrogen) atoms. The highest BCUT2D eigenvalue weighted by molar-refractivity contribution is 5.69. The summed E-state index contributed by atoms with van der Waals surface area (Å²) in [6, 6.07) is 0.496. The fourth-order valence-electron chi connectivity index (χ4n) is 3.19. The smallest absolute Gasteiger partial charge is 0.317 e. The summed E-state index contributed by atoms with van der Waals surface area (Å²) in [5.41, 5.74) is 0. The van der Waals surface area contributed by atoms with Gasteiger partial charge in [-0.3, -0.25) is 9.69 Å². The van der Waals surface area contributed by atoms with Crippen molar-refractivity contribution in [2.45, 2.75) is 52.0 Å². The maximum atomic E-state index is 11.0. The Morgan fingerprint density at radius 3 is 2.53 bits per heavy atom. The van der Waals surface area contributed by atoms with Crippen LogP contribution in [0.5, 0.6) is 0 Å². The first-order valence-electron chi connectivity index (χ1n) is 7.03. The van der Waals surface area contributed by atoms with Gasteiger partial charge < -0.3 is 5.11 Å². The van der Waals surface area contributed by atoms with Crippen LogP contribution in [0.4, 0.5) is 0 Å². The van der Waals surface area contributed by atoms with Crippen LogP contribution in [0.2, 0.25) is 0 Å². The Balaban J connectivity index is 1.98. The van der Waals surface area contributed by atoms with Crippen molar-refractivity contribution in [1.82, 2.24) is 4.90 Å². The van der Waals surface area contributed by atoms with Crippen LogP contribution in [0.15, 0.2) is 0 Å². The Labute approximate surface area is 104 Å². The van der Waals surface area contributed by atoms with Crippen LogP contribution in [-0.4, -0.2) is 35.1 Å². The number of carbonyl (C=O) groups is 1. The molecule has 2 saturated carbocycles. The molecule has 3 nitrogen and oxygen atoms in total. The Morgan fingerprint density at radius 2 is 1.94 bits per heavy atom. The lowest BCUT2D eigenvalue weighted by molar-refractivity contribution is -0.139. The molecule has 0 aromatic rings. The zero-order valence-corrected chi connectivity index (χ0v) is 11.1. The molecule has 0 saturated heterocycles. The lowest BCUT2D eigenvalue weighted by Crippen LogP contribution is -2.47. The Bertz CT molecular complexity index is 275. The van der Waals surface area contributed by atoms with Crippen molar-refractivity contribution in [1.29, 1.82) is 0 Å². The molecule has 2 aliphatic carbocycles. The third kappa shape index (κ3) is 3.44. The average Bonchev–Trinajstić information content (AvgIpc) is 3.04. The van der Waals surface area contributed by atoms with Gasteiger partial charge in [0, 0.05) is 12.6 Å². The van der Waals surface area contributed by atoms with Crippen LogP contribution < -0.4 is 0 Å². The predicted octanol–water partition coefficient (Wildman–Crippen LogP) is 2.61. The highest BCUT2D eigenvalue weighted by Crippen LogP contribution is 2.36. The molecule has 1 N–H and O–H groups in total. The van der Waals surface area contributed by atoms with Crippen molar-refractivity contribution in [2.75, 3.05) is 13.1 Å². The number of carboxylic acid groups (broad SMARTS) is 1. The molecular formula is C14H25NO2. The van der Waals surface area contributed by atoms with Gasteiger partial charge in [-0.05, 0) is 37.0 Å². The van der Waals surface area contributed by atoms with Crippen molar-refractivity contribution in [3.63, 3.8) is 0 Å². The average molecular weight is 239 g/mol. The molecule has 0 aromatic heterocycles. The first-order chi connectivity index (χ1) is 8.08. The number of carboxylic acids is 1. The van der Waals surface area contributed by atoms with Gasteiger partial charge >= 0.3 is 5.97 Å². The molecule has 0 aromatic carbocycles. The fourth-order valence-corrected chi connectivity index (χ4v) is 3.19. The van der Waals surface area contributed by atoms with Crippen molar-refractivity contribution in [2.24, 2.45) is 17.8 Å². The summed E-state index contributed by atoms with van der Waals surface area (Å²) in [5.74, 6) is 1.49. The standard InChI is InChI=1S/C14H25NO2/c1-10-4-3-5-13(11(10)2)15(9-14(16)17)8-12-6-7-12/h10-13H,3-9H2,1-2H3,(H,16,17). The monoisotopic (exact) mass is 239 g/mol. The van der Waals surface area contributed by atoms with Crippen LogP contribution in [0, 0.1) is 17.8 Å². The van der Waals surface area contributed by atoms with Crippen molar-refractivity contribution in [3.8, 4) is 0 Å². The van der Waals surface area contributed by atoms with E-state index in [0.29, 0.717) is 12.0 Å². The SMILES string of the molecule is CC1CCCC(N(CC(=O)O)CC2CC2)C1C. The second kappa shape index (κ2) is 5.38. The van der Waals surface area contributed by atoms with E-state index in [4.69, 9.17) is 5.11 Å². The van der Waals surface area contributed by atoms with E-state index in [1.807, 2.05) is 0 Å². The summed E-state index contributed by atoms with van der Waals surface area (Å²) in [6.45, 7) is 5.86. The maximum absolute atomic E-state index is 11.0. The van der Waals surface area contributed by atoms with Crippen LogP contribution in [0.1, 0.15) is 46.0 Å². The predicted molar refractivity (Wildman–Crippen MR) is 67.9 cm³/mol. The first-order valence-corrected chi connectivity index (χ1v) is 7.03. The summed E-state index contributed by atoms with van der Waals surface area (Å²) in [4.78, 5) is 13.3. The molecule has 2 rings (SSSR count). The normalized spacial score (nSPS) is 33.9. The van der Waals surface area contributed by atoms with Crippen LogP contribution in [0.25, 0.3) is 0 Å². The van der Waals surface area contributed by atoms with Gasteiger partial charge in [-0.25, -0.2) is 0 Å². The minimum absolute atomic E-state index is 0.234. The number of nitrogens with zero attached hydrogens (tertiary/aromatic N) is 1. The van der Waals surface area contributed by atoms with E-state index in [9.17, 15) is 4.79 Å². The van der Waals surface area contributed by atoms with Gasteiger partial charge in [-0.15, -0.1) is 0 Å². The third-order valence-corrected chi connectivity index (χ3v) is 4.66. The quantitative estimate of drug-likeness (QED) is 0.801. The van der Waals surface area contributed by atoms with Crippen molar-refractivity contribution >= 4 is 5.97 Å². The van der Waals surface area contributed by atoms with Gasteiger partial charge in [0.2, 0.25) is 0 Å². The van der Waals surface area contributed by atoms with Gasteiger partial charge in [-0.1, -0.05) is 26.7 Å². The molecule has 0 aliphatic heterocycles. The van der Waals surface area contributed by atoms with E-state index in [0.717, 1.165) is 18.4 Å². The van der Waals surface area contributed by atoms with E-state index < -0.39 is 5.97 Å². The van der Waals surface area contributed by atoms with Gasteiger partial charge in [0.05, 0.1) is 6.54 Å². The molecule has 0 radical (unpaired) electrons. The Morgan fingerprint density at radius 1 is 1.24 bits per heavy atom. The molecule has 2 fully saturated rings. The van der Waals surface area contributed by atoms with Gasteiger partial charge in [0.1, 0.15) is 0 Å². The van der Waals surface area contributed by atoms with Crippen molar-refractivity contribution in [3.05, 3.63) is 0 Å². The van der Waals surface area contributed by atoms with Gasteiger partial charge in [0.25, 0.3) is 0 Å². The summed E-state index contributed by atoms with van der Waals surface area (Å²) in [6.07, 6.45) is 6.35. The first kappa shape index (κ1) is 12.9. The third-order valence-electron chi connectivity index (χ3n) is 4.66. The minimum atomic E-state index is -0.670. The molecular weight excluding hydrogens is 214 g/mol. The van der Waals surface area contributed by atoms with E-state index >= 15 is 0 Å². The maximum Gasteiger partial charge on any atom is 0.317 e. The van der Waals surface area contributed by atoms with Gasteiger partial charge in [-0.2, -0.15) is 0 Å². The van der Waals surface area contributed by atoms with E-state index in [-0.39, 0.29) is 6.54 Å². The largest absolute Gasteiger partial charge is 0.480 e. The lowest BCUT2D eigenvalue weighted by atomic mass is 9.77. The molecule has 0 bridgehead atoms.